The first-order chi connectivity index (χ1) is 14.0. The summed E-state index contributed by atoms with van der Waals surface area (Å²) in [5.41, 5.74) is 6.50. The third-order valence-electron chi connectivity index (χ3n) is 6.36. The molecule has 2 bridgehead atoms. The maximum absolute atomic E-state index is 13.0. The molecule has 29 heavy (non-hydrogen) atoms. The van der Waals surface area contributed by atoms with Gasteiger partial charge in [0.05, 0.1) is 12.2 Å². The number of hydrogen-bond donors (Lipinski definition) is 2. The number of rotatable bonds is 7. The molecule has 0 spiro atoms. The van der Waals surface area contributed by atoms with Crippen LogP contribution < -0.4 is 10.5 Å². The van der Waals surface area contributed by atoms with Crippen molar-refractivity contribution in [2.75, 3.05) is 13.2 Å². The number of nitrogens with two attached hydrogens (primary N) is 1. The van der Waals surface area contributed by atoms with Crippen molar-refractivity contribution in [3.63, 3.8) is 0 Å². The number of primary amides is 1. The molecule has 152 valence electrons. The third kappa shape index (κ3) is 3.60. The summed E-state index contributed by atoms with van der Waals surface area (Å²) in [5, 5.41) is 10.3. The third-order valence-corrected chi connectivity index (χ3v) is 6.36. The summed E-state index contributed by atoms with van der Waals surface area (Å²) in [6, 6.07) is 16.9. The second-order valence-corrected chi connectivity index (χ2v) is 8.08. The van der Waals surface area contributed by atoms with E-state index in [1.54, 1.807) is 24.3 Å². The molecule has 0 aliphatic carbocycles. The molecule has 3 N–H and O–H groups in total. The Morgan fingerprint density at radius 2 is 1.83 bits per heavy atom. The normalized spacial score (nSPS) is 25.2. The molecule has 2 aliphatic heterocycles. The number of fused-ring (bicyclic) bond motifs is 2. The second-order valence-electron chi connectivity index (χ2n) is 8.08. The molecule has 6 heteroatoms. The molecule has 6 nitrogen and oxygen atoms in total. The molecular formula is C23H26N2O4. The Morgan fingerprint density at radius 3 is 2.55 bits per heavy atom. The van der Waals surface area contributed by atoms with Gasteiger partial charge < -0.3 is 20.5 Å². The number of nitrogens with zero attached hydrogens (tertiary/aromatic N) is 1. The Bertz CT molecular complexity index is 901. The van der Waals surface area contributed by atoms with Crippen LogP contribution in [0.25, 0.3) is 0 Å². The molecule has 0 saturated carbocycles. The van der Waals surface area contributed by atoms with Crippen molar-refractivity contribution in [2.24, 2.45) is 11.1 Å². The summed E-state index contributed by atoms with van der Waals surface area (Å²) >= 11 is 0. The molecule has 2 saturated heterocycles. The van der Waals surface area contributed by atoms with E-state index < -0.39 is 5.91 Å². The van der Waals surface area contributed by atoms with E-state index in [9.17, 15) is 14.7 Å². The van der Waals surface area contributed by atoms with Crippen molar-refractivity contribution in [2.45, 2.75) is 37.8 Å². The predicted molar refractivity (Wildman–Crippen MR) is 108 cm³/mol. The lowest BCUT2D eigenvalue weighted by molar-refractivity contribution is -0.135. The first-order valence-corrected chi connectivity index (χ1v) is 10.0. The van der Waals surface area contributed by atoms with Gasteiger partial charge in [-0.1, -0.05) is 42.5 Å². The molecule has 2 heterocycles. The van der Waals surface area contributed by atoms with Gasteiger partial charge in [0, 0.05) is 17.5 Å². The van der Waals surface area contributed by atoms with Gasteiger partial charge in [-0.25, -0.2) is 0 Å². The highest BCUT2D eigenvalue weighted by Gasteiger charge is 2.56. The van der Waals surface area contributed by atoms with Crippen molar-refractivity contribution < 1.29 is 19.4 Å². The minimum absolute atomic E-state index is 0.000176. The van der Waals surface area contributed by atoms with Gasteiger partial charge >= 0.3 is 0 Å². The number of ether oxygens (including phenoxy) is 1. The standard InChI is InChI=1S/C23H26N2O4/c24-22(28)18-8-4-5-9-19(18)29-14-21(27)25-17-10-11-20(25)23(13-17,15-26)12-16-6-2-1-3-7-16/h1-9,17,20,26H,10-15H2,(H2,24,28)/t17-,20+,23-/m1/s1. The minimum Gasteiger partial charge on any atom is -0.483 e. The number of hydrogen-bond acceptors (Lipinski definition) is 4. The Morgan fingerprint density at radius 1 is 1.10 bits per heavy atom. The van der Waals surface area contributed by atoms with E-state index in [1.165, 1.54) is 5.56 Å². The molecule has 0 unspecified atom stereocenters. The van der Waals surface area contributed by atoms with Crippen molar-refractivity contribution in [3.05, 3.63) is 65.7 Å². The molecule has 4 rings (SSSR count). The van der Waals surface area contributed by atoms with Crippen LogP contribution in [0.2, 0.25) is 0 Å². The molecule has 2 aromatic rings. The maximum atomic E-state index is 13.0. The molecule has 2 aliphatic rings. The summed E-state index contributed by atoms with van der Waals surface area (Å²) < 4.78 is 5.66. The van der Waals surface area contributed by atoms with Gasteiger partial charge in [-0.15, -0.1) is 0 Å². The summed E-state index contributed by atoms with van der Waals surface area (Å²) in [5.74, 6) is -0.380. The van der Waals surface area contributed by atoms with Crippen LogP contribution in [-0.2, 0) is 11.2 Å². The lowest BCUT2D eigenvalue weighted by Gasteiger charge is -2.36. The fourth-order valence-electron chi connectivity index (χ4n) is 5.10. The molecule has 0 aromatic heterocycles. The number of aliphatic hydroxyl groups is 1. The van der Waals surface area contributed by atoms with Gasteiger partial charge in [-0.05, 0) is 43.4 Å². The van der Waals surface area contributed by atoms with Gasteiger partial charge in [0.15, 0.2) is 6.61 Å². The topological polar surface area (TPSA) is 92.9 Å². The van der Waals surface area contributed by atoms with Crippen LogP contribution in [0, 0.1) is 5.41 Å². The Balaban J connectivity index is 1.48. The largest absolute Gasteiger partial charge is 0.483 e. The van der Waals surface area contributed by atoms with Crippen molar-refractivity contribution >= 4 is 11.8 Å². The predicted octanol–water partition coefficient (Wildman–Crippen LogP) is 2.15. The SMILES string of the molecule is NC(=O)c1ccccc1OCC(=O)N1[C@@H]2CC[C@H]1[C@](CO)(Cc1ccccc1)C2. The lowest BCUT2D eigenvalue weighted by atomic mass is 9.70. The highest BCUT2D eigenvalue weighted by atomic mass is 16.5. The molecule has 2 amide bonds. The van der Waals surface area contributed by atoms with E-state index >= 15 is 0 Å². The molecule has 2 fully saturated rings. The molecular weight excluding hydrogens is 368 g/mol. The van der Waals surface area contributed by atoms with Gasteiger partial charge in [0.25, 0.3) is 11.8 Å². The number of aliphatic hydroxyl groups excluding tert-OH is 1. The summed E-state index contributed by atoms with van der Waals surface area (Å²) in [7, 11) is 0. The molecule has 2 aromatic carbocycles. The van der Waals surface area contributed by atoms with E-state index in [1.807, 2.05) is 23.1 Å². The maximum Gasteiger partial charge on any atom is 0.261 e. The van der Waals surface area contributed by atoms with Crippen molar-refractivity contribution in [1.29, 1.82) is 0 Å². The summed E-state index contributed by atoms with van der Waals surface area (Å²) in [6.45, 7) is -0.0949. The minimum atomic E-state index is -0.587. The second kappa shape index (κ2) is 7.87. The highest BCUT2D eigenvalue weighted by Crippen LogP contribution is 2.51. The van der Waals surface area contributed by atoms with Crippen LogP contribution in [0.1, 0.15) is 35.2 Å². The number of carbonyl (C=O) groups excluding carboxylic acids is 2. The zero-order chi connectivity index (χ0) is 20.4. The van der Waals surface area contributed by atoms with E-state index in [-0.39, 0.29) is 42.2 Å². The Kier molecular flexibility index (Phi) is 5.28. The van der Waals surface area contributed by atoms with Crippen LogP contribution in [0.15, 0.2) is 54.6 Å². The smallest absolute Gasteiger partial charge is 0.261 e. The van der Waals surface area contributed by atoms with E-state index in [0.29, 0.717) is 5.75 Å². The zero-order valence-corrected chi connectivity index (χ0v) is 16.3. The summed E-state index contributed by atoms with van der Waals surface area (Å²) in [6.07, 6.45) is 3.39. The first-order valence-electron chi connectivity index (χ1n) is 10.0. The van der Waals surface area contributed by atoms with Gasteiger partial charge in [-0.3, -0.25) is 9.59 Å². The fraction of sp³-hybridized carbons (Fsp3) is 0.391. The highest BCUT2D eigenvalue weighted by molar-refractivity contribution is 5.95. The monoisotopic (exact) mass is 394 g/mol. The fourth-order valence-corrected chi connectivity index (χ4v) is 5.10. The quantitative estimate of drug-likeness (QED) is 0.753. The Labute approximate surface area is 170 Å². The van der Waals surface area contributed by atoms with Gasteiger partial charge in [0.1, 0.15) is 5.75 Å². The first kappa shape index (κ1) is 19.5. The van der Waals surface area contributed by atoms with Gasteiger partial charge in [0.2, 0.25) is 0 Å². The van der Waals surface area contributed by atoms with Crippen LogP contribution in [0.5, 0.6) is 5.75 Å². The molecule has 0 radical (unpaired) electrons. The number of carbonyl (C=O) groups is 2. The van der Waals surface area contributed by atoms with Crippen LogP contribution in [-0.4, -0.2) is 47.1 Å². The zero-order valence-electron chi connectivity index (χ0n) is 16.3. The van der Waals surface area contributed by atoms with E-state index in [0.717, 1.165) is 25.7 Å². The lowest BCUT2D eigenvalue weighted by Crippen LogP contribution is -2.45. The van der Waals surface area contributed by atoms with E-state index in [2.05, 4.69) is 12.1 Å². The Hall–Kier alpha value is -2.86. The number of amides is 2. The van der Waals surface area contributed by atoms with Crippen LogP contribution >= 0.6 is 0 Å². The van der Waals surface area contributed by atoms with Gasteiger partial charge in [-0.2, -0.15) is 0 Å². The summed E-state index contributed by atoms with van der Waals surface area (Å²) in [4.78, 5) is 26.5. The van der Waals surface area contributed by atoms with E-state index in [4.69, 9.17) is 10.5 Å². The number of benzene rings is 2. The van der Waals surface area contributed by atoms with Crippen LogP contribution in [0.4, 0.5) is 0 Å². The number of para-hydroxylation sites is 1. The average Bonchev–Trinajstić information content (AvgIpc) is 3.29. The molecule has 3 atom stereocenters. The van der Waals surface area contributed by atoms with Crippen molar-refractivity contribution in [3.8, 4) is 5.75 Å². The average molecular weight is 394 g/mol. The van der Waals surface area contributed by atoms with Crippen LogP contribution in [0.3, 0.4) is 0 Å². The van der Waals surface area contributed by atoms with Crippen molar-refractivity contribution in [1.82, 2.24) is 4.90 Å².